The Morgan fingerprint density at radius 1 is 1.29 bits per heavy atom. The third-order valence-electron chi connectivity index (χ3n) is 4.26. The zero-order valence-corrected chi connectivity index (χ0v) is 11.7. The average molecular weight is 294 g/mol. The van der Waals surface area contributed by atoms with E-state index in [-0.39, 0.29) is 11.3 Å². The molecule has 3 aliphatic rings. The van der Waals surface area contributed by atoms with Crippen LogP contribution >= 0.6 is 15.9 Å². The first-order valence-corrected chi connectivity index (χ1v) is 6.88. The Balaban J connectivity index is 1.83. The fourth-order valence-electron chi connectivity index (χ4n) is 3.11. The highest BCUT2D eigenvalue weighted by molar-refractivity contribution is 9.10. The first-order valence-electron chi connectivity index (χ1n) is 6.08. The predicted molar refractivity (Wildman–Crippen MR) is 72.0 cm³/mol. The normalized spacial score (nSPS) is 29.2. The minimum absolute atomic E-state index is 0.00335. The highest BCUT2D eigenvalue weighted by Crippen LogP contribution is 2.64. The third kappa shape index (κ3) is 1.63. The van der Waals surface area contributed by atoms with Crippen molar-refractivity contribution < 1.29 is 4.79 Å². The van der Waals surface area contributed by atoms with Gasteiger partial charge in [-0.15, -0.1) is 0 Å². The number of carbonyl (C=O) groups excluding carboxylic acids is 1. The van der Waals surface area contributed by atoms with Gasteiger partial charge in [-0.3, -0.25) is 4.79 Å². The smallest absolute Gasteiger partial charge is 0.230 e. The van der Waals surface area contributed by atoms with E-state index in [1.54, 1.807) is 0 Å². The van der Waals surface area contributed by atoms with Gasteiger partial charge >= 0.3 is 0 Å². The van der Waals surface area contributed by atoms with E-state index in [1.165, 1.54) is 0 Å². The lowest BCUT2D eigenvalue weighted by atomic mass is 9.44. The molecule has 0 spiro atoms. The zero-order chi connectivity index (χ0) is 12.2. The number of carbonyl (C=O) groups is 1. The summed E-state index contributed by atoms with van der Waals surface area (Å²) in [4.78, 5) is 12.2. The molecule has 1 aromatic rings. The van der Waals surface area contributed by atoms with E-state index in [0.29, 0.717) is 0 Å². The molecule has 0 aromatic heterocycles. The molecule has 90 valence electrons. The fourth-order valence-corrected chi connectivity index (χ4v) is 3.80. The molecule has 0 heterocycles. The summed E-state index contributed by atoms with van der Waals surface area (Å²) in [6, 6.07) is 4.09. The van der Waals surface area contributed by atoms with Gasteiger partial charge < -0.3 is 5.32 Å². The lowest BCUT2D eigenvalue weighted by Crippen LogP contribution is -2.58. The minimum atomic E-state index is -0.00335. The molecule has 3 aliphatic carbocycles. The second kappa shape index (κ2) is 3.58. The standard InChI is InChI=1S/C14H16BrNO/c1-8-3-11(15)4-9(2)12(8)16-13(17)14-5-10(6-14)7-14/h3-4,10H,5-7H2,1-2H3,(H,16,17). The number of benzene rings is 1. The fraction of sp³-hybridized carbons (Fsp3) is 0.500. The number of anilines is 1. The molecule has 2 bridgehead atoms. The number of rotatable bonds is 2. The molecule has 1 amide bonds. The van der Waals surface area contributed by atoms with E-state index in [9.17, 15) is 4.79 Å². The maximum Gasteiger partial charge on any atom is 0.230 e. The summed E-state index contributed by atoms with van der Waals surface area (Å²) in [6.45, 7) is 4.07. The number of hydrogen-bond donors (Lipinski definition) is 1. The summed E-state index contributed by atoms with van der Waals surface area (Å²) in [5.41, 5.74) is 3.23. The number of nitrogens with one attached hydrogen (secondary N) is 1. The summed E-state index contributed by atoms with van der Waals surface area (Å²) >= 11 is 3.47. The van der Waals surface area contributed by atoms with Crippen molar-refractivity contribution in [2.24, 2.45) is 11.3 Å². The summed E-state index contributed by atoms with van der Waals surface area (Å²) in [6.07, 6.45) is 3.31. The van der Waals surface area contributed by atoms with Crippen molar-refractivity contribution in [2.45, 2.75) is 33.1 Å². The number of aryl methyl sites for hydroxylation is 2. The van der Waals surface area contributed by atoms with Crippen molar-refractivity contribution >= 4 is 27.5 Å². The lowest BCUT2D eigenvalue weighted by molar-refractivity contribution is -0.158. The Labute approximate surface area is 110 Å². The summed E-state index contributed by atoms with van der Waals surface area (Å²) in [5.74, 6) is 1.07. The Bertz CT molecular complexity index is 469. The highest BCUT2D eigenvalue weighted by atomic mass is 79.9. The number of amides is 1. The first kappa shape index (κ1) is 11.3. The summed E-state index contributed by atoms with van der Waals surface area (Å²) in [7, 11) is 0. The van der Waals surface area contributed by atoms with Crippen molar-refractivity contribution in [1.82, 2.24) is 0 Å². The monoisotopic (exact) mass is 293 g/mol. The van der Waals surface area contributed by atoms with Gasteiger partial charge in [-0.2, -0.15) is 0 Å². The van der Waals surface area contributed by atoms with Crippen molar-refractivity contribution in [1.29, 1.82) is 0 Å². The lowest BCUT2D eigenvalue weighted by Gasteiger charge is -2.60. The maximum atomic E-state index is 12.2. The molecule has 17 heavy (non-hydrogen) atoms. The Hall–Kier alpha value is -0.830. The van der Waals surface area contributed by atoms with Crippen LogP contribution in [0.1, 0.15) is 30.4 Å². The van der Waals surface area contributed by atoms with Crippen LogP contribution in [0.2, 0.25) is 0 Å². The van der Waals surface area contributed by atoms with Gasteiger partial charge in [0.25, 0.3) is 0 Å². The molecule has 0 radical (unpaired) electrons. The Morgan fingerprint density at radius 3 is 2.24 bits per heavy atom. The maximum absolute atomic E-state index is 12.2. The van der Waals surface area contributed by atoms with Gasteiger partial charge in [0.15, 0.2) is 0 Å². The Kier molecular flexibility index (Phi) is 2.37. The molecule has 3 fully saturated rings. The van der Waals surface area contributed by atoms with Gasteiger partial charge in [0, 0.05) is 10.2 Å². The second-order valence-electron chi connectivity index (χ2n) is 5.63. The molecule has 0 saturated heterocycles. The summed E-state index contributed by atoms with van der Waals surface area (Å²) in [5, 5.41) is 3.13. The van der Waals surface area contributed by atoms with Crippen molar-refractivity contribution in [3.05, 3.63) is 27.7 Å². The van der Waals surface area contributed by atoms with Gasteiger partial charge in [-0.1, -0.05) is 15.9 Å². The second-order valence-corrected chi connectivity index (χ2v) is 6.54. The van der Waals surface area contributed by atoms with E-state index in [0.717, 1.165) is 46.5 Å². The molecular formula is C14H16BrNO. The molecule has 4 rings (SSSR count). The molecule has 1 aromatic carbocycles. The molecular weight excluding hydrogens is 278 g/mol. The quantitative estimate of drug-likeness (QED) is 0.883. The Morgan fingerprint density at radius 2 is 1.82 bits per heavy atom. The van der Waals surface area contributed by atoms with Crippen LogP contribution in [0, 0.1) is 25.2 Å². The molecule has 1 N–H and O–H groups in total. The first-order chi connectivity index (χ1) is 8.00. The zero-order valence-electron chi connectivity index (χ0n) is 10.1. The van der Waals surface area contributed by atoms with Crippen LogP contribution in [0.25, 0.3) is 0 Å². The van der Waals surface area contributed by atoms with Crippen LogP contribution in [-0.2, 0) is 4.79 Å². The van der Waals surface area contributed by atoms with Crippen LogP contribution in [0.15, 0.2) is 16.6 Å². The van der Waals surface area contributed by atoms with Crippen LogP contribution in [0.4, 0.5) is 5.69 Å². The van der Waals surface area contributed by atoms with Gasteiger partial charge in [-0.05, 0) is 62.3 Å². The van der Waals surface area contributed by atoms with Gasteiger partial charge in [0.1, 0.15) is 0 Å². The van der Waals surface area contributed by atoms with Gasteiger partial charge in [0.2, 0.25) is 5.91 Å². The molecule has 0 aliphatic heterocycles. The molecule has 2 nitrogen and oxygen atoms in total. The minimum Gasteiger partial charge on any atom is -0.325 e. The summed E-state index contributed by atoms with van der Waals surface area (Å²) < 4.78 is 1.07. The van der Waals surface area contributed by atoms with Crippen LogP contribution in [0.5, 0.6) is 0 Å². The topological polar surface area (TPSA) is 29.1 Å². The number of hydrogen-bond acceptors (Lipinski definition) is 1. The van der Waals surface area contributed by atoms with E-state index < -0.39 is 0 Å². The van der Waals surface area contributed by atoms with Crippen LogP contribution in [-0.4, -0.2) is 5.91 Å². The number of halogens is 1. The third-order valence-corrected chi connectivity index (χ3v) is 4.71. The molecule has 3 saturated carbocycles. The van der Waals surface area contributed by atoms with Crippen molar-refractivity contribution in [2.75, 3.05) is 5.32 Å². The van der Waals surface area contributed by atoms with Crippen LogP contribution < -0.4 is 5.32 Å². The van der Waals surface area contributed by atoms with Gasteiger partial charge in [0.05, 0.1) is 5.41 Å². The molecule has 0 unspecified atom stereocenters. The SMILES string of the molecule is Cc1cc(Br)cc(C)c1NC(=O)C12CC(C1)C2. The van der Waals surface area contributed by atoms with E-state index in [1.807, 2.05) is 26.0 Å². The molecule has 3 heteroatoms. The van der Waals surface area contributed by atoms with E-state index >= 15 is 0 Å². The molecule has 0 atom stereocenters. The van der Waals surface area contributed by atoms with Gasteiger partial charge in [-0.25, -0.2) is 0 Å². The van der Waals surface area contributed by atoms with E-state index in [4.69, 9.17) is 0 Å². The van der Waals surface area contributed by atoms with Crippen molar-refractivity contribution in [3.8, 4) is 0 Å². The average Bonchev–Trinajstić information content (AvgIpc) is 2.05. The predicted octanol–water partition coefficient (Wildman–Crippen LogP) is 3.80. The van der Waals surface area contributed by atoms with Crippen LogP contribution in [0.3, 0.4) is 0 Å². The van der Waals surface area contributed by atoms with Crippen molar-refractivity contribution in [3.63, 3.8) is 0 Å². The highest BCUT2D eigenvalue weighted by Gasteiger charge is 2.61. The largest absolute Gasteiger partial charge is 0.325 e. The van der Waals surface area contributed by atoms with E-state index in [2.05, 4.69) is 21.2 Å².